The second-order valence-corrected chi connectivity index (χ2v) is 7.80. The predicted molar refractivity (Wildman–Crippen MR) is 88.5 cm³/mol. The van der Waals surface area contributed by atoms with Crippen LogP contribution in [0.15, 0.2) is 12.1 Å². The molecule has 1 N–H and O–H groups in total. The number of carbonyl (C=O) groups excluding carboxylic acids is 1. The van der Waals surface area contributed by atoms with Crippen LogP contribution in [0, 0.1) is 6.92 Å². The first-order valence-electron chi connectivity index (χ1n) is 6.81. The Balaban J connectivity index is 1.88. The Morgan fingerprint density at radius 1 is 1.48 bits per heavy atom. The minimum atomic E-state index is 0.0907. The topological polar surface area (TPSA) is 45.2 Å². The Bertz CT molecular complexity index is 667. The van der Waals surface area contributed by atoms with Crippen molar-refractivity contribution in [1.29, 1.82) is 0 Å². The van der Waals surface area contributed by atoms with Crippen LogP contribution in [-0.4, -0.2) is 41.5 Å². The second kappa shape index (κ2) is 6.04. The van der Waals surface area contributed by atoms with Crippen molar-refractivity contribution in [2.75, 3.05) is 19.6 Å². The van der Waals surface area contributed by atoms with Crippen LogP contribution in [-0.2, 0) is 0 Å². The highest BCUT2D eigenvalue weighted by Gasteiger charge is 2.27. The highest BCUT2D eigenvalue weighted by Crippen LogP contribution is 2.35. The van der Waals surface area contributed by atoms with Gasteiger partial charge in [-0.3, -0.25) is 4.79 Å². The molecule has 0 aliphatic carbocycles. The average Bonchev–Trinajstić information content (AvgIpc) is 3.05. The molecule has 0 bridgehead atoms. The van der Waals surface area contributed by atoms with Crippen molar-refractivity contribution in [2.24, 2.45) is 0 Å². The number of piperazine rings is 1. The van der Waals surface area contributed by atoms with Gasteiger partial charge in [-0.05, 0) is 26.0 Å². The molecule has 3 rings (SSSR count). The fourth-order valence-electron chi connectivity index (χ4n) is 2.40. The molecule has 0 unspecified atom stereocenters. The summed E-state index contributed by atoms with van der Waals surface area (Å²) in [6.45, 7) is 6.41. The maximum atomic E-state index is 12.7. The van der Waals surface area contributed by atoms with Gasteiger partial charge in [-0.1, -0.05) is 11.6 Å². The zero-order valence-electron chi connectivity index (χ0n) is 11.9. The Morgan fingerprint density at radius 2 is 2.29 bits per heavy atom. The Hall–Kier alpha value is -0.950. The molecular weight excluding hydrogens is 326 g/mol. The van der Waals surface area contributed by atoms with Crippen LogP contribution in [0.25, 0.3) is 9.88 Å². The van der Waals surface area contributed by atoms with Gasteiger partial charge >= 0.3 is 0 Å². The van der Waals surface area contributed by atoms with E-state index in [2.05, 4.69) is 17.2 Å². The minimum Gasteiger partial charge on any atom is -0.333 e. The molecule has 1 amide bonds. The molecule has 112 valence electrons. The second-order valence-electron chi connectivity index (χ2n) is 5.09. The van der Waals surface area contributed by atoms with E-state index >= 15 is 0 Å². The number of hydrogen-bond donors (Lipinski definition) is 1. The predicted octanol–water partition coefficient (Wildman–Crippen LogP) is 3.27. The quantitative estimate of drug-likeness (QED) is 0.911. The smallest absolute Gasteiger partial charge is 0.266 e. The Kier molecular flexibility index (Phi) is 4.31. The van der Waals surface area contributed by atoms with Crippen molar-refractivity contribution in [2.45, 2.75) is 19.9 Å². The summed E-state index contributed by atoms with van der Waals surface area (Å²) < 4.78 is 0.737. The lowest BCUT2D eigenvalue weighted by atomic mass is 10.2. The fraction of sp³-hybridized carbons (Fsp3) is 0.429. The van der Waals surface area contributed by atoms with Gasteiger partial charge < -0.3 is 10.2 Å². The van der Waals surface area contributed by atoms with Crippen LogP contribution in [0.4, 0.5) is 0 Å². The van der Waals surface area contributed by atoms with Crippen LogP contribution in [0.2, 0.25) is 4.34 Å². The molecule has 3 heterocycles. The zero-order chi connectivity index (χ0) is 15.0. The van der Waals surface area contributed by atoms with Crippen molar-refractivity contribution in [3.05, 3.63) is 27.0 Å². The van der Waals surface area contributed by atoms with Crippen LogP contribution in [0.1, 0.15) is 22.3 Å². The first-order chi connectivity index (χ1) is 10.1. The molecule has 1 fully saturated rings. The van der Waals surface area contributed by atoms with E-state index in [1.165, 1.54) is 22.7 Å². The molecule has 1 atom stereocenters. The maximum absolute atomic E-state index is 12.7. The lowest BCUT2D eigenvalue weighted by molar-refractivity contribution is 0.0660. The van der Waals surface area contributed by atoms with Gasteiger partial charge in [-0.15, -0.1) is 22.7 Å². The van der Waals surface area contributed by atoms with Crippen LogP contribution < -0.4 is 5.32 Å². The number of nitrogens with one attached hydrogen (secondary N) is 1. The first kappa shape index (κ1) is 15.0. The number of rotatable bonds is 2. The number of thiophene rings is 1. The summed E-state index contributed by atoms with van der Waals surface area (Å²) in [5.41, 5.74) is 0.801. The summed E-state index contributed by atoms with van der Waals surface area (Å²) in [6.07, 6.45) is 0. The van der Waals surface area contributed by atoms with E-state index < -0.39 is 0 Å². The molecule has 1 aliphatic rings. The zero-order valence-corrected chi connectivity index (χ0v) is 14.2. The largest absolute Gasteiger partial charge is 0.333 e. The lowest BCUT2D eigenvalue weighted by Gasteiger charge is -2.33. The number of aromatic nitrogens is 1. The summed E-state index contributed by atoms with van der Waals surface area (Å²) in [6, 6.07) is 4.03. The number of amides is 1. The monoisotopic (exact) mass is 341 g/mol. The molecule has 2 aromatic heterocycles. The van der Waals surface area contributed by atoms with Gasteiger partial charge in [0.25, 0.3) is 5.91 Å². The number of halogens is 1. The van der Waals surface area contributed by atoms with E-state index in [4.69, 9.17) is 11.6 Å². The molecule has 0 spiro atoms. The van der Waals surface area contributed by atoms with Crippen LogP contribution >= 0.6 is 34.3 Å². The SMILES string of the molecule is Cc1nc(-c2ccc(Cl)s2)sc1C(=O)N1CCNC[C@@H]1C. The molecule has 1 saturated heterocycles. The van der Waals surface area contributed by atoms with E-state index in [1.807, 2.05) is 24.0 Å². The van der Waals surface area contributed by atoms with E-state index in [1.54, 1.807) is 0 Å². The Labute approximate surface area is 136 Å². The number of aryl methyl sites for hydroxylation is 1. The molecule has 1 aliphatic heterocycles. The van der Waals surface area contributed by atoms with Crippen molar-refractivity contribution in [1.82, 2.24) is 15.2 Å². The summed E-state index contributed by atoms with van der Waals surface area (Å²) in [5, 5.41) is 4.17. The molecular formula is C14H16ClN3OS2. The van der Waals surface area contributed by atoms with E-state index in [9.17, 15) is 4.79 Å². The molecule has 0 radical (unpaired) electrons. The van der Waals surface area contributed by atoms with Gasteiger partial charge in [-0.2, -0.15) is 0 Å². The van der Waals surface area contributed by atoms with Gasteiger partial charge in [0, 0.05) is 25.7 Å². The normalized spacial score (nSPS) is 19.0. The van der Waals surface area contributed by atoms with Crippen molar-refractivity contribution >= 4 is 40.2 Å². The average molecular weight is 342 g/mol. The summed E-state index contributed by atoms with van der Waals surface area (Å²) in [4.78, 5) is 21.0. The number of nitrogens with zero attached hydrogens (tertiary/aromatic N) is 2. The highest BCUT2D eigenvalue weighted by atomic mass is 35.5. The van der Waals surface area contributed by atoms with Crippen LogP contribution in [0.3, 0.4) is 0 Å². The van der Waals surface area contributed by atoms with Gasteiger partial charge in [0.2, 0.25) is 0 Å². The fourth-order valence-corrected chi connectivity index (χ4v) is 4.52. The molecule has 4 nitrogen and oxygen atoms in total. The van der Waals surface area contributed by atoms with E-state index in [0.717, 1.165) is 44.4 Å². The number of thiazole rings is 1. The standard InChI is InChI=1S/C14H16ClN3OS2/c1-8-7-16-5-6-18(8)14(19)12-9(2)17-13(21-12)10-3-4-11(15)20-10/h3-4,8,16H,5-7H2,1-2H3/t8-/m0/s1. The van der Waals surface area contributed by atoms with Crippen molar-refractivity contribution in [3.63, 3.8) is 0 Å². The summed E-state index contributed by atoms with van der Waals surface area (Å²) in [7, 11) is 0. The summed E-state index contributed by atoms with van der Waals surface area (Å²) >= 11 is 8.92. The molecule has 0 saturated carbocycles. The number of hydrogen-bond acceptors (Lipinski definition) is 5. The summed E-state index contributed by atoms with van der Waals surface area (Å²) in [5.74, 6) is 0.0907. The third-order valence-corrected chi connectivity index (χ3v) is 6.08. The molecule has 2 aromatic rings. The van der Waals surface area contributed by atoms with Crippen molar-refractivity contribution < 1.29 is 4.79 Å². The van der Waals surface area contributed by atoms with Gasteiger partial charge in [0.15, 0.2) is 0 Å². The minimum absolute atomic E-state index is 0.0907. The number of carbonyl (C=O) groups is 1. The van der Waals surface area contributed by atoms with Gasteiger partial charge in [0.05, 0.1) is 14.9 Å². The highest BCUT2D eigenvalue weighted by molar-refractivity contribution is 7.24. The van der Waals surface area contributed by atoms with Gasteiger partial charge in [-0.25, -0.2) is 4.98 Å². The van der Waals surface area contributed by atoms with E-state index in [-0.39, 0.29) is 11.9 Å². The molecule has 0 aromatic carbocycles. The van der Waals surface area contributed by atoms with Crippen LogP contribution in [0.5, 0.6) is 0 Å². The maximum Gasteiger partial charge on any atom is 0.266 e. The Morgan fingerprint density at radius 3 is 2.95 bits per heavy atom. The van der Waals surface area contributed by atoms with E-state index in [0.29, 0.717) is 0 Å². The lowest BCUT2D eigenvalue weighted by Crippen LogP contribution is -2.52. The molecule has 7 heteroatoms. The third-order valence-electron chi connectivity index (χ3n) is 3.54. The third kappa shape index (κ3) is 2.99. The molecule has 21 heavy (non-hydrogen) atoms. The first-order valence-corrected chi connectivity index (χ1v) is 8.82. The van der Waals surface area contributed by atoms with Gasteiger partial charge in [0.1, 0.15) is 9.88 Å². The van der Waals surface area contributed by atoms with Crippen molar-refractivity contribution in [3.8, 4) is 9.88 Å².